The molecule has 1 saturated heterocycles. The second kappa shape index (κ2) is 7.87. The van der Waals surface area contributed by atoms with Gasteiger partial charge in [0.15, 0.2) is 0 Å². The molecule has 1 atom stereocenters. The second-order valence-electron chi connectivity index (χ2n) is 8.33. The number of carbonyl (C=O) groups is 1. The van der Waals surface area contributed by atoms with Crippen LogP contribution >= 0.6 is 11.6 Å². The first-order valence-electron chi connectivity index (χ1n) is 10.1. The fourth-order valence-corrected chi connectivity index (χ4v) is 5.78. The molecule has 2 N–H and O–H groups in total. The van der Waals surface area contributed by atoms with Crippen molar-refractivity contribution in [2.24, 2.45) is 5.73 Å². The number of likely N-dealkylation sites (tertiary alicyclic amines) is 1. The highest BCUT2D eigenvalue weighted by Crippen LogP contribution is 2.47. The predicted octanol–water partition coefficient (Wildman–Crippen LogP) is 2.55. The van der Waals surface area contributed by atoms with Crippen LogP contribution in [0.15, 0.2) is 48.5 Å². The molecule has 2 heterocycles. The van der Waals surface area contributed by atoms with Gasteiger partial charge in [-0.3, -0.25) is 9.10 Å². The van der Waals surface area contributed by atoms with E-state index in [2.05, 4.69) is 0 Å². The van der Waals surface area contributed by atoms with Crippen LogP contribution in [0.2, 0.25) is 5.02 Å². The normalized spacial score (nSPS) is 19.0. The monoisotopic (exact) mass is 447 g/mol. The largest absolute Gasteiger partial charge is 0.341 e. The van der Waals surface area contributed by atoms with Gasteiger partial charge in [0.2, 0.25) is 15.9 Å². The number of benzene rings is 2. The number of hydrogen-bond donors (Lipinski definition) is 1. The number of rotatable bonds is 4. The van der Waals surface area contributed by atoms with Crippen LogP contribution in [0.4, 0.5) is 5.69 Å². The fourth-order valence-electron chi connectivity index (χ4n) is 4.66. The van der Waals surface area contributed by atoms with Crippen molar-refractivity contribution in [1.29, 1.82) is 0 Å². The maximum Gasteiger partial charge on any atom is 0.239 e. The van der Waals surface area contributed by atoms with Crippen molar-refractivity contribution in [2.75, 3.05) is 30.2 Å². The molecule has 0 aromatic heterocycles. The first kappa shape index (κ1) is 21.2. The van der Waals surface area contributed by atoms with Crippen molar-refractivity contribution in [3.63, 3.8) is 0 Å². The Kier molecular flexibility index (Phi) is 5.55. The summed E-state index contributed by atoms with van der Waals surface area (Å²) in [6, 6.07) is 14.5. The van der Waals surface area contributed by atoms with Gasteiger partial charge in [-0.05, 0) is 48.6 Å². The second-order valence-corrected chi connectivity index (χ2v) is 10.7. The number of para-hydroxylation sites is 1. The Labute approximate surface area is 182 Å². The Morgan fingerprint density at radius 1 is 1.13 bits per heavy atom. The summed E-state index contributed by atoms with van der Waals surface area (Å²) in [5.41, 5.74) is 8.75. The number of sulfonamides is 1. The summed E-state index contributed by atoms with van der Waals surface area (Å²) in [5.74, 6) is -0.0638. The van der Waals surface area contributed by atoms with Crippen LogP contribution < -0.4 is 10.0 Å². The third-order valence-electron chi connectivity index (χ3n) is 6.31. The number of halogens is 1. The van der Waals surface area contributed by atoms with E-state index in [1.807, 2.05) is 41.3 Å². The van der Waals surface area contributed by atoms with Gasteiger partial charge < -0.3 is 10.6 Å². The first-order valence-corrected chi connectivity index (χ1v) is 12.3. The third kappa shape index (κ3) is 3.94. The molecule has 2 aliphatic rings. The van der Waals surface area contributed by atoms with Gasteiger partial charge in [-0.1, -0.05) is 41.9 Å². The van der Waals surface area contributed by atoms with Crippen LogP contribution in [-0.4, -0.2) is 51.2 Å². The van der Waals surface area contributed by atoms with E-state index in [0.29, 0.717) is 31.1 Å². The van der Waals surface area contributed by atoms with E-state index in [4.69, 9.17) is 17.3 Å². The van der Waals surface area contributed by atoms with Gasteiger partial charge in [-0.2, -0.15) is 0 Å². The molecule has 0 aliphatic carbocycles. The fraction of sp³-hybridized carbons (Fsp3) is 0.409. The molecule has 1 fully saturated rings. The minimum atomic E-state index is -3.35. The van der Waals surface area contributed by atoms with Crippen LogP contribution in [0, 0.1) is 0 Å². The Morgan fingerprint density at radius 3 is 2.40 bits per heavy atom. The predicted molar refractivity (Wildman–Crippen MR) is 119 cm³/mol. The van der Waals surface area contributed by atoms with Gasteiger partial charge in [0.1, 0.15) is 0 Å². The lowest BCUT2D eigenvalue weighted by Crippen LogP contribution is -2.52. The molecule has 1 unspecified atom stereocenters. The Bertz CT molecular complexity index is 1050. The van der Waals surface area contributed by atoms with E-state index in [9.17, 15) is 13.2 Å². The lowest BCUT2D eigenvalue weighted by Gasteiger charge is -2.40. The maximum atomic E-state index is 12.9. The number of piperidine rings is 1. The minimum Gasteiger partial charge on any atom is -0.341 e. The van der Waals surface area contributed by atoms with Gasteiger partial charge in [-0.25, -0.2) is 8.42 Å². The Hall–Kier alpha value is -2.09. The lowest BCUT2D eigenvalue weighted by molar-refractivity contribution is -0.134. The highest BCUT2D eigenvalue weighted by Gasteiger charge is 2.47. The van der Waals surface area contributed by atoms with Gasteiger partial charge in [0.25, 0.3) is 0 Å². The van der Waals surface area contributed by atoms with Crippen LogP contribution in [0.3, 0.4) is 0 Å². The summed E-state index contributed by atoms with van der Waals surface area (Å²) in [6.45, 7) is 1.57. The SMILES string of the molecule is CS(=O)(=O)N1CC2(CCN(C(=O)C(N)Cc3ccc(Cl)cc3)CC2)c2ccccc21. The number of anilines is 1. The van der Waals surface area contributed by atoms with E-state index >= 15 is 0 Å². The molecule has 0 radical (unpaired) electrons. The van der Waals surface area contributed by atoms with E-state index in [-0.39, 0.29) is 11.3 Å². The first-order chi connectivity index (χ1) is 14.2. The number of nitrogens with two attached hydrogens (primary N) is 1. The molecule has 0 saturated carbocycles. The Morgan fingerprint density at radius 2 is 1.77 bits per heavy atom. The van der Waals surface area contributed by atoms with Crippen molar-refractivity contribution >= 4 is 33.2 Å². The molecule has 4 rings (SSSR count). The van der Waals surface area contributed by atoms with Gasteiger partial charge in [-0.15, -0.1) is 0 Å². The van der Waals surface area contributed by atoms with E-state index in [1.54, 1.807) is 12.1 Å². The average molecular weight is 448 g/mol. The zero-order valence-electron chi connectivity index (χ0n) is 16.9. The smallest absolute Gasteiger partial charge is 0.239 e. The van der Waals surface area contributed by atoms with Crippen LogP contribution in [0.25, 0.3) is 0 Å². The molecule has 8 heteroatoms. The van der Waals surface area contributed by atoms with Crippen molar-refractivity contribution in [1.82, 2.24) is 4.90 Å². The van der Waals surface area contributed by atoms with Crippen LogP contribution in [0.5, 0.6) is 0 Å². The molecule has 2 aromatic rings. The molecule has 2 aromatic carbocycles. The number of fused-ring (bicyclic) bond motifs is 2. The maximum absolute atomic E-state index is 12.9. The van der Waals surface area contributed by atoms with Gasteiger partial charge in [0.05, 0.1) is 18.0 Å². The van der Waals surface area contributed by atoms with Crippen molar-refractivity contribution in [2.45, 2.75) is 30.7 Å². The van der Waals surface area contributed by atoms with Gasteiger partial charge >= 0.3 is 0 Å². The Balaban J connectivity index is 1.46. The molecule has 1 amide bonds. The van der Waals surface area contributed by atoms with E-state index < -0.39 is 16.1 Å². The molecule has 0 bridgehead atoms. The molecule has 1 spiro atoms. The van der Waals surface area contributed by atoms with Crippen molar-refractivity contribution in [3.05, 3.63) is 64.7 Å². The molecule has 6 nitrogen and oxygen atoms in total. The third-order valence-corrected chi connectivity index (χ3v) is 7.69. The van der Waals surface area contributed by atoms with Crippen LogP contribution in [-0.2, 0) is 26.7 Å². The quantitative estimate of drug-likeness (QED) is 0.780. The average Bonchev–Trinajstić information content (AvgIpc) is 3.05. The zero-order valence-corrected chi connectivity index (χ0v) is 18.5. The summed E-state index contributed by atoms with van der Waals surface area (Å²) in [5, 5.41) is 0.653. The molecule has 30 heavy (non-hydrogen) atoms. The van der Waals surface area contributed by atoms with Crippen LogP contribution in [0.1, 0.15) is 24.0 Å². The minimum absolute atomic E-state index is 0.0638. The number of amides is 1. The van der Waals surface area contributed by atoms with Gasteiger partial charge in [0, 0.05) is 30.1 Å². The molecular weight excluding hydrogens is 422 g/mol. The lowest BCUT2D eigenvalue weighted by atomic mass is 9.74. The molecular formula is C22H26ClN3O3S. The number of carbonyl (C=O) groups excluding carboxylic acids is 1. The zero-order chi connectivity index (χ0) is 21.5. The number of hydrogen-bond acceptors (Lipinski definition) is 4. The van der Waals surface area contributed by atoms with E-state index in [0.717, 1.165) is 29.7 Å². The standard InChI is InChI=1S/C22H26ClN3O3S/c1-30(28,29)26-15-22(18-4-2-3-5-20(18)26)10-12-25(13-11-22)21(27)19(24)14-16-6-8-17(23)9-7-16/h2-9,19H,10-15,24H2,1H3. The number of nitrogens with zero attached hydrogens (tertiary/aromatic N) is 2. The van der Waals surface area contributed by atoms with Crippen molar-refractivity contribution < 1.29 is 13.2 Å². The topological polar surface area (TPSA) is 83.7 Å². The highest BCUT2D eigenvalue weighted by atomic mass is 35.5. The summed E-state index contributed by atoms with van der Waals surface area (Å²) < 4.78 is 26.1. The summed E-state index contributed by atoms with van der Waals surface area (Å²) in [4.78, 5) is 14.7. The summed E-state index contributed by atoms with van der Waals surface area (Å²) in [7, 11) is -3.35. The summed E-state index contributed by atoms with van der Waals surface area (Å²) in [6.07, 6.45) is 3.14. The molecule has 2 aliphatic heterocycles. The summed E-state index contributed by atoms with van der Waals surface area (Å²) >= 11 is 5.92. The molecule has 160 valence electrons. The van der Waals surface area contributed by atoms with E-state index in [1.165, 1.54) is 10.6 Å². The van der Waals surface area contributed by atoms with Crippen molar-refractivity contribution in [3.8, 4) is 0 Å². The highest BCUT2D eigenvalue weighted by molar-refractivity contribution is 7.92.